The molecule has 2 heterocycles. The van der Waals surface area contributed by atoms with Crippen molar-refractivity contribution in [3.8, 4) is 5.75 Å². The minimum Gasteiger partial charge on any atom is -0.497 e. The van der Waals surface area contributed by atoms with Crippen LogP contribution in [0.2, 0.25) is 0 Å². The summed E-state index contributed by atoms with van der Waals surface area (Å²) < 4.78 is 6.19. The van der Waals surface area contributed by atoms with Gasteiger partial charge in [0.05, 0.1) is 18.8 Å². The van der Waals surface area contributed by atoms with Gasteiger partial charge in [0.15, 0.2) is 0 Å². The Morgan fingerprint density at radius 2 is 1.85 bits per heavy atom. The van der Waals surface area contributed by atoms with E-state index in [0.717, 1.165) is 32.6 Å². The molecule has 2 aromatic carbocycles. The molecule has 0 spiro atoms. The summed E-state index contributed by atoms with van der Waals surface area (Å²) in [6.07, 6.45) is 2.46. The highest BCUT2D eigenvalue weighted by molar-refractivity contribution is 9.10. The number of benzene rings is 2. The number of carbonyl (C=O) groups excluding carboxylic acids is 1. The normalized spacial score (nSPS) is 15.7. The smallest absolute Gasteiger partial charge is 0.255 e. The minimum absolute atomic E-state index is 0.0398. The number of hydrogen-bond donors (Lipinski definition) is 0. The molecule has 5 heteroatoms. The zero-order chi connectivity index (χ0) is 18.8. The number of pyridine rings is 1. The van der Waals surface area contributed by atoms with Gasteiger partial charge in [-0.15, -0.1) is 0 Å². The SMILES string of the molecule is COc1ccc(CN2C(=O)c3ccccc3C2Cc2ncccc2Br)cc1. The summed E-state index contributed by atoms with van der Waals surface area (Å²) in [5.74, 6) is 0.877. The quantitative estimate of drug-likeness (QED) is 0.593. The lowest BCUT2D eigenvalue weighted by Gasteiger charge is -2.26. The fourth-order valence-electron chi connectivity index (χ4n) is 3.53. The van der Waals surface area contributed by atoms with E-state index in [1.165, 1.54) is 0 Å². The van der Waals surface area contributed by atoms with Gasteiger partial charge in [-0.1, -0.05) is 30.3 Å². The van der Waals surface area contributed by atoms with Crippen LogP contribution in [0.15, 0.2) is 71.3 Å². The summed E-state index contributed by atoms with van der Waals surface area (Å²) in [6.45, 7) is 0.548. The van der Waals surface area contributed by atoms with Crippen molar-refractivity contribution in [1.29, 1.82) is 0 Å². The van der Waals surface area contributed by atoms with Gasteiger partial charge in [0.2, 0.25) is 0 Å². The summed E-state index contributed by atoms with van der Waals surface area (Å²) in [6, 6.07) is 19.6. The maximum absolute atomic E-state index is 13.1. The summed E-state index contributed by atoms with van der Waals surface area (Å²) in [7, 11) is 1.65. The predicted octanol–water partition coefficient (Wildman–Crippen LogP) is 4.79. The van der Waals surface area contributed by atoms with E-state index in [1.807, 2.05) is 65.6 Å². The number of ether oxygens (including phenoxy) is 1. The Morgan fingerprint density at radius 3 is 2.59 bits per heavy atom. The van der Waals surface area contributed by atoms with Crippen LogP contribution in [0.3, 0.4) is 0 Å². The van der Waals surface area contributed by atoms with E-state index in [0.29, 0.717) is 13.0 Å². The molecule has 0 saturated heterocycles. The van der Waals surface area contributed by atoms with Gasteiger partial charge >= 0.3 is 0 Å². The number of carbonyl (C=O) groups is 1. The molecule has 136 valence electrons. The number of aromatic nitrogens is 1. The van der Waals surface area contributed by atoms with Crippen LogP contribution in [0.5, 0.6) is 5.75 Å². The molecule has 1 aromatic heterocycles. The monoisotopic (exact) mass is 422 g/mol. The Bertz CT molecular complexity index is 972. The van der Waals surface area contributed by atoms with Crippen molar-refractivity contribution in [2.24, 2.45) is 0 Å². The molecule has 1 aliphatic rings. The number of hydrogen-bond acceptors (Lipinski definition) is 3. The Hall–Kier alpha value is -2.66. The first-order chi connectivity index (χ1) is 13.2. The molecule has 0 radical (unpaired) electrons. The summed E-state index contributed by atoms with van der Waals surface area (Å²) >= 11 is 3.58. The predicted molar refractivity (Wildman–Crippen MR) is 108 cm³/mol. The molecule has 27 heavy (non-hydrogen) atoms. The van der Waals surface area contributed by atoms with Gasteiger partial charge in [-0.25, -0.2) is 0 Å². The maximum atomic E-state index is 13.1. The van der Waals surface area contributed by atoms with E-state index >= 15 is 0 Å². The topological polar surface area (TPSA) is 42.4 Å². The van der Waals surface area contributed by atoms with Crippen LogP contribution in [0.25, 0.3) is 0 Å². The molecule has 1 aliphatic heterocycles. The average molecular weight is 423 g/mol. The number of rotatable bonds is 5. The average Bonchev–Trinajstić information content (AvgIpc) is 2.96. The number of amides is 1. The number of halogens is 1. The molecule has 0 bridgehead atoms. The number of nitrogens with zero attached hydrogens (tertiary/aromatic N) is 2. The molecule has 4 rings (SSSR count). The fourth-order valence-corrected chi connectivity index (χ4v) is 3.94. The van der Waals surface area contributed by atoms with Crippen LogP contribution in [0.1, 0.15) is 33.2 Å². The Kier molecular flexibility index (Phi) is 4.94. The highest BCUT2D eigenvalue weighted by atomic mass is 79.9. The van der Waals surface area contributed by atoms with Gasteiger partial charge in [-0.05, 0) is 57.4 Å². The maximum Gasteiger partial charge on any atom is 0.255 e. The third-order valence-corrected chi connectivity index (χ3v) is 5.64. The third kappa shape index (κ3) is 3.47. The molecule has 0 fully saturated rings. The van der Waals surface area contributed by atoms with Gasteiger partial charge in [-0.3, -0.25) is 9.78 Å². The van der Waals surface area contributed by atoms with Crippen molar-refractivity contribution >= 4 is 21.8 Å². The number of methoxy groups -OCH3 is 1. The standard InChI is InChI=1S/C22H19BrN2O2/c1-27-16-10-8-15(9-11-16)14-25-21(13-20-19(23)7-4-12-24-20)17-5-2-3-6-18(17)22(25)26/h2-12,21H,13-14H2,1H3. The Labute approximate surface area is 166 Å². The summed E-state index contributed by atoms with van der Waals surface area (Å²) in [4.78, 5) is 19.5. The van der Waals surface area contributed by atoms with Gasteiger partial charge in [-0.2, -0.15) is 0 Å². The molecule has 0 saturated carbocycles. The van der Waals surface area contributed by atoms with Crippen LogP contribution in [-0.2, 0) is 13.0 Å². The van der Waals surface area contributed by atoms with Crippen molar-refractivity contribution in [1.82, 2.24) is 9.88 Å². The zero-order valence-electron chi connectivity index (χ0n) is 14.9. The molecule has 1 atom stereocenters. The van der Waals surface area contributed by atoms with Gasteiger partial charge in [0.25, 0.3) is 5.91 Å². The first kappa shape index (κ1) is 17.7. The summed E-state index contributed by atoms with van der Waals surface area (Å²) in [5, 5.41) is 0. The van der Waals surface area contributed by atoms with E-state index in [-0.39, 0.29) is 11.9 Å². The van der Waals surface area contributed by atoms with Crippen LogP contribution in [-0.4, -0.2) is 22.9 Å². The van der Waals surface area contributed by atoms with Crippen LogP contribution >= 0.6 is 15.9 Å². The molecular weight excluding hydrogens is 404 g/mol. The lowest BCUT2D eigenvalue weighted by atomic mass is 10.0. The van der Waals surface area contributed by atoms with Crippen molar-refractivity contribution in [2.45, 2.75) is 19.0 Å². The van der Waals surface area contributed by atoms with Gasteiger partial charge < -0.3 is 9.64 Å². The van der Waals surface area contributed by atoms with E-state index in [4.69, 9.17) is 4.74 Å². The highest BCUT2D eigenvalue weighted by Gasteiger charge is 2.36. The van der Waals surface area contributed by atoms with Crippen molar-refractivity contribution < 1.29 is 9.53 Å². The second-order valence-electron chi connectivity index (χ2n) is 6.52. The molecule has 4 nitrogen and oxygen atoms in total. The largest absolute Gasteiger partial charge is 0.497 e. The zero-order valence-corrected chi connectivity index (χ0v) is 16.5. The molecule has 0 N–H and O–H groups in total. The molecule has 1 unspecified atom stereocenters. The number of fused-ring (bicyclic) bond motifs is 1. The molecule has 3 aromatic rings. The minimum atomic E-state index is -0.0398. The highest BCUT2D eigenvalue weighted by Crippen LogP contribution is 2.37. The van der Waals surface area contributed by atoms with Crippen LogP contribution in [0, 0.1) is 0 Å². The van der Waals surface area contributed by atoms with Gasteiger partial charge in [0, 0.05) is 29.2 Å². The van der Waals surface area contributed by atoms with E-state index in [1.54, 1.807) is 13.3 Å². The second kappa shape index (κ2) is 7.53. The fraction of sp³-hybridized carbons (Fsp3) is 0.182. The van der Waals surface area contributed by atoms with Gasteiger partial charge in [0.1, 0.15) is 5.75 Å². The Balaban J connectivity index is 1.67. The second-order valence-corrected chi connectivity index (χ2v) is 7.37. The van der Waals surface area contributed by atoms with E-state index in [2.05, 4.69) is 20.9 Å². The van der Waals surface area contributed by atoms with Crippen molar-refractivity contribution in [3.63, 3.8) is 0 Å². The first-order valence-electron chi connectivity index (χ1n) is 8.79. The lowest BCUT2D eigenvalue weighted by Crippen LogP contribution is -2.29. The lowest BCUT2D eigenvalue weighted by molar-refractivity contribution is 0.0708. The van der Waals surface area contributed by atoms with E-state index in [9.17, 15) is 4.79 Å². The van der Waals surface area contributed by atoms with Crippen LogP contribution < -0.4 is 4.74 Å². The van der Waals surface area contributed by atoms with Crippen molar-refractivity contribution in [2.75, 3.05) is 7.11 Å². The van der Waals surface area contributed by atoms with E-state index < -0.39 is 0 Å². The first-order valence-corrected chi connectivity index (χ1v) is 9.59. The summed E-state index contributed by atoms with van der Waals surface area (Å²) in [5.41, 5.74) is 3.87. The van der Waals surface area contributed by atoms with Crippen LogP contribution in [0.4, 0.5) is 0 Å². The van der Waals surface area contributed by atoms with Crippen molar-refractivity contribution in [3.05, 3.63) is 93.7 Å². The molecule has 1 amide bonds. The third-order valence-electron chi connectivity index (χ3n) is 4.92. The Morgan fingerprint density at radius 1 is 1.07 bits per heavy atom. The molecule has 0 aliphatic carbocycles. The molecular formula is C22H19BrN2O2.